The molecule has 0 spiro atoms. The summed E-state index contributed by atoms with van der Waals surface area (Å²) in [6.07, 6.45) is 1.07. The molecular weight excluding hydrogens is 302 g/mol. The van der Waals surface area contributed by atoms with Crippen molar-refractivity contribution in [2.45, 2.75) is 13.5 Å². The predicted molar refractivity (Wildman–Crippen MR) is 81.4 cm³/mol. The van der Waals surface area contributed by atoms with Crippen molar-refractivity contribution in [2.24, 2.45) is 0 Å². The van der Waals surface area contributed by atoms with Crippen LogP contribution in [-0.4, -0.2) is 27.3 Å². The molecule has 118 valence electrons. The maximum atomic E-state index is 13.8. The van der Waals surface area contributed by atoms with Crippen LogP contribution in [0.4, 0.5) is 8.78 Å². The van der Waals surface area contributed by atoms with Crippen LogP contribution in [0.3, 0.4) is 0 Å². The molecule has 3 aromatic rings. The van der Waals surface area contributed by atoms with Crippen molar-refractivity contribution in [2.75, 3.05) is 6.61 Å². The van der Waals surface area contributed by atoms with Gasteiger partial charge in [-0.1, -0.05) is 18.2 Å². The average Bonchev–Trinajstić information content (AvgIpc) is 2.88. The van der Waals surface area contributed by atoms with Crippen molar-refractivity contribution in [1.29, 1.82) is 5.41 Å². The van der Waals surface area contributed by atoms with Crippen molar-refractivity contribution in [1.82, 2.24) is 14.8 Å². The summed E-state index contributed by atoms with van der Waals surface area (Å²) < 4.78 is 33.9. The fourth-order valence-electron chi connectivity index (χ4n) is 2.31. The Morgan fingerprint density at radius 1 is 1.30 bits per heavy atom. The van der Waals surface area contributed by atoms with Gasteiger partial charge in [-0.3, -0.25) is 5.41 Å². The minimum Gasteiger partial charge on any atom is -0.477 e. The van der Waals surface area contributed by atoms with E-state index in [4.69, 9.17) is 10.1 Å². The molecule has 0 bridgehead atoms. The largest absolute Gasteiger partial charge is 0.477 e. The number of pyridine rings is 1. The lowest BCUT2D eigenvalue weighted by molar-refractivity contribution is 0.324. The number of nitrogens with one attached hydrogen (secondary N) is 1. The number of fused-ring (bicyclic) bond motifs is 1. The maximum Gasteiger partial charge on any atom is 0.235 e. The van der Waals surface area contributed by atoms with Crippen LogP contribution in [0.1, 0.15) is 18.2 Å². The van der Waals surface area contributed by atoms with Crippen molar-refractivity contribution in [3.05, 3.63) is 59.4 Å². The molecule has 0 aliphatic carbocycles. The second-order valence-corrected chi connectivity index (χ2v) is 4.88. The van der Waals surface area contributed by atoms with E-state index in [1.54, 1.807) is 25.1 Å². The van der Waals surface area contributed by atoms with Crippen LogP contribution in [0.5, 0.6) is 0 Å². The van der Waals surface area contributed by atoms with Gasteiger partial charge in [-0.05, 0) is 19.1 Å². The zero-order chi connectivity index (χ0) is 16.4. The summed E-state index contributed by atoms with van der Waals surface area (Å²) in [5.74, 6) is -1.06. The first kappa shape index (κ1) is 15.1. The first-order valence-electron chi connectivity index (χ1n) is 7.07. The maximum absolute atomic E-state index is 13.8. The second kappa shape index (κ2) is 6.12. The van der Waals surface area contributed by atoms with Crippen LogP contribution < -0.4 is 0 Å². The van der Waals surface area contributed by atoms with Crippen LogP contribution in [0.2, 0.25) is 0 Å². The van der Waals surface area contributed by atoms with E-state index >= 15 is 0 Å². The molecule has 0 fully saturated rings. The molecule has 0 saturated carbocycles. The molecular formula is C16H14F2N4O. The topological polar surface area (TPSA) is 63.8 Å². The van der Waals surface area contributed by atoms with E-state index in [1.165, 1.54) is 16.8 Å². The molecule has 7 heteroatoms. The van der Waals surface area contributed by atoms with Crippen LogP contribution in [0.25, 0.3) is 11.0 Å². The third-order valence-corrected chi connectivity index (χ3v) is 3.34. The van der Waals surface area contributed by atoms with Crippen LogP contribution in [-0.2, 0) is 11.3 Å². The Kier molecular flexibility index (Phi) is 4.01. The Morgan fingerprint density at radius 2 is 2.09 bits per heavy atom. The highest BCUT2D eigenvalue weighted by Crippen LogP contribution is 2.20. The summed E-state index contributed by atoms with van der Waals surface area (Å²) in [5.41, 5.74) is 0.983. The molecule has 5 nitrogen and oxygen atoms in total. The molecule has 23 heavy (non-hydrogen) atoms. The summed E-state index contributed by atoms with van der Waals surface area (Å²) in [6.45, 7) is 2.16. The lowest BCUT2D eigenvalue weighted by Crippen LogP contribution is -2.08. The van der Waals surface area contributed by atoms with E-state index in [-0.39, 0.29) is 24.0 Å². The quantitative estimate of drug-likeness (QED) is 0.594. The Morgan fingerprint density at radius 3 is 2.83 bits per heavy atom. The van der Waals surface area contributed by atoms with E-state index in [1.807, 2.05) is 0 Å². The molecule has 0 atom stereocenters. The Labute approximate surface area is 131 Å². The van der Waals surface area contributed by atoms with Gasteiger partial charge >= 0.3 is 0 Å². The van der Waals surface area contributed by atoms with E-state index in [9.17, 15) is 8.78 Å². The lowest BCUT2D eigenvalue weighted by atomic mass is 10.2. The van der Waals surface area contributed by atoms with Gasteiger partial charge in [-0.15, -0.1) is 0 Å². The molecule has 1 N–H and O–H groups in total. The summed E-state index contributed by atoms with van der Waals surface area (Å²) in [7, 11) is 0. The number of hydrogen-bond donors (Lipinski definition) is 1. The molecule has 3 rings (SSSR count). The van der Waals surface area contributed by atoms with Crippen LogP contribution >= 0.6 is 0 Å². The molecule has 2 heterocycles. The highest BCUT2D eigenvalue weighted by Gasteiger charge is 2.18. The highest BCUT2D eigenvalue weighted by atomic mass is 19.1. The molecule has 0 aliphatic heterocycles. The van der Waals surface area contributed by atoms with Gasteiger partial charge in [0.05, 0.1) is 24.7 Å². The minimum atomic E-state index is -0.534. The zero-order valence-corrected chi connectivity index (χ0v) is 12.4. The van der Waals surface area contributed by atoms with E-state index < -0.39 is 5.82 Å². The van der Waals surface area contributed by atoms with E-state index in [2.05, 4.69) is 10.1 Å². The van der Waals surface area contributed by atoms with Crippen LogP contribution in [0, 0.1) is 17.0 Å². The number of nitrogens with zero attached hydrogens (tertiary/aromatic N) is 3. The van der Waals surface area contributed by atoms with Crippen molar-refractivity contribution < 1.29 is 13.5 Å². The third-order valence-electron chi connectivity index (χ3n) is 3.34. The molecule has 2 aromatic heterocycles. The smallest absolute Gasteiger partial charge is 0.235 e. The Balaban J connectivity index is 2.10. The van der Waals surface area contributed by atoms with Crippen molar-refractivity contribution in [3.8, 4) is 0 Å². The molecule has 0 saturated heterocycles. The Hall–Kier alpha value is -2.83. The average molecular weight is 316 g/mol. The summed E-state index contributed by atoms with van der Waals surface area (Å²) in [6, 6.07) is 7.57. The number of hydrogen-bond acceptors (Lipinski definition) is 4. The van der Waals surface area contributed by atoms with Gasteiger partial charge in [0.1, 0.15) is 11.6 Å². The number of rotatable bonds is 4. The van der Waals surface area contributed by atoms with Gasteiger partial charge in [-0.25, -0.2) is 18.4 Å². The summed E-state index contributed by atoms with van der Waals surface area (Å²) >= 11 is 0. The van der Waals surface area contributed by atoms with Crippen molar-refractivity contribution >= 4 is 16.9 Å². The van der Waals surface area contributed by atoms with Gasteiger partial charge in [0, 0.05) is 5.56 Å². The van der Waals surface area contributed by atoms with Gasteiger partial charge in [0.25, 0.3) is 0 Å². The fraction of sp³-hybridized carbons (Fsp3) is 0.188. The third kappa shape index (κ3) is 2.90. The zero-order valence-electron chi connectivity index (χ0n) is 12.4. The van der Waals surface area contributed by atoms with Crippen LogP contribution in [0.15, 0.2) is 36.5 Å². The molecule has 1 aromatic carbocycles. The normalized spacial score (nSPS) is 10.9. The number of halogens is 2. The number of aromatic nitrogens is 3. The Bertz CT molecular complexity index is 876. The van der Waals surface area contributed by atoms with Gasteiger partial charge in [0.2, 0.25) is 5.90 Å². The molecule has 0 amide bonds. The second-order valence-electron chi connectivity index (χ2n) is 4.88. The SMILES string of the molecule is CCOC(=N)c1nn(Cc2ccccc2F)c2ncc(F)cc12. The van der Waals surface area contributed by atoms with Gasteiger partial charge < -0.3 is 4.74 Å². The standard InChI is InChI=1S/C16H14F2N4O/c1-2-23-15(19)14-12-7-11(17)8-20-16(12)22(21-14)9-10-5-3-4-6-13(10)18/h3-8,19H,2,9H2,1H3. The monoisotopic (exact) mass is 316 g/mol. The van der Waals surface area contributed by atoms with E-state index in [0.29, 0.717) is 23.2 Å². The fourth-order valence-corrected chi connectivity index (χ4v) is 2.31. The minimum absolute atomic E-state index is 0.126. The molecule has 0 radical (unpaired) electrons. The number of benzene rings is 1. The lowest BCUT2D eigenvalue weighted by Gasteiger charge is -2.04. The summed E-state index contributed by atoms with van der Waals surface area (Å²) in [5, 5.41) is 12.5. The molecule has 0 aliphatic rings. The first-order valence-corrected chi connectivity index (χ1v) is 7.07. The highest BCUT2D eigenvalue weighted by molar-refractivity contribution is 6.02. The summed E-state index contributed by atoms with van der Waals surface area (Å²) in [4.78, 5) is 4.02. The van der Waals surface area contributed by atoms with E-state index in [0.717, 1.165) is 6.20 Å². The first-order chi connectivity index (χ1) is 11.1. The molecule has 0 unspecified atom stereocenters. The van der Waals surface area contributed by atoms with Gasteiger partial charge in [-0.2, -0.15) is 5.10 Å². The predicted octanol–water partition coefficient (Wildman–Crippen LogP) is 3.12. The van der Waals surface area contributed by atoms with Gasteiger partial charge in [0.15, 0.2) is 11.3 Å². The van der Waals surface area contributed by atoms with Crippen molar-refractivity contribution in [3.63, 3.8) is 0 Å². The number of ether oxygens (including phenoxy) is 1.